The van der Waals surface area contributed by atoms with Gasteiger partial charge in [-0.1, -0.05) is 17.7 Å². The minimum Gasteiger partial charge on any atom is -0.337 e. The van der Waals surface area contributed by atoms with Gasteiger partial charge in [-0.15, -0.1) is 0 Å². The summed E-state index contributed by atoms with van der Waals surface area (Å²) < 4.78 is 1.65. The number of benzene rings is 1. The number of nitrogens with zero attached hydrogens (tertiary/aromatic N) is 5. The van der Waals surface area contributed by atoms with Gasteiger partial charge in [0.1, 0.15) is 0 Å². The molecular weight excluding hydrogens is 366 g/mol. The van der Waals surface area contributed by atoms with Crippen LogP contribution in [-0.2, 0) is 0 Å². The standard InChI is InChI=1S/C22H23N5O2/c1-17-5-2-6-18(15-17)21(28)25-10-4-11-26(14-13-25)22(29)19-7-8-20(23-16-19)27-12-3-9-24-27/h2-3,5-9,12,15-16H,4,10-11,13-14H2,1H3. The van der Waals surface area contributed by atoms with Gasteiger partial charge in [0, 0.05) is 50.3 Å². The fourth-order valence-corrected chi connectivity index (χ4v) is 3.52. The topological polar surface area (TPSA) is 71.3 Å². The Morgan fingerprint density at radius 2 is 1.66 bits per heavy atom. The number of hydrogen-bond acceptors (Lipinski definition) is 4. The van der Waals surface area contributed by atoms with Gasteiger partial charge in [-0.3, -0.25) is 9.59 Å². The van der Waals surface area contributed by atoms with Crippen molar-refractivity contribution in [3.05, 3.63) is 77.7 Å². The fraction of sp³-hybridized carbons (Fsp3) is 0.273. The summed E-state index contributed by atoms with van der Waals surface area (Å²) in [5.41, 5.74) is 2.30. The highest BCUT2D eigenvalue weighted by Crippen LogP contribution is 2.14. The first kappa shape index (κ1) is 18.9. The Morgan fingerprint density at radius 1 is 0.897 bits per heavy atom. The van der Waals surface area contributed by atoms with E-state index in [0.717, 1.165) is 12.0 Å². The smallest absolute Gasteiger partial charge is 0.255 e. The second-order valence-electron chi connectivity index (χ2n) is 7.16. The summed E-state index contributed by atoms with van der Waals surface area (Å²) in [5.74, 6) is 0.625. The van der Waals surface area contributed by atoms with Crippen LogP contribution in [0.4, 0.5) is 0 Å². The zero-order valence-electron chi connectivity index (χ0n) is 16.4. The van der Waals surface area contributed by atoms with Crippen molar-refractivity contribution in [3.8, 4) is 5.82 Å². The molecule has 1 saturated heterocycles. The van der Waals surface area contributed by atoms with Gasteiger partial charge in [-0.2, -0.15) is 5.10 Å². The maximum atomic E-state index is 12.9. The third kappa shape index (κ3) is 4.18. The first-order valence-corrected chi connectivity index (χ1v) is 9.73. The molecule has 2 aromatic heterocycles. The molecule has 4 rings (SSSR count). The Kier molecular flexibility index (Phi) is 5.37. The highest BCUT2D eigenvalue weighted by atomic mass is 16.2. The van der Waals surface area contributed by atoms with E-state index in [-0.39, 0.29) is 11.8 Å². The van der Waals surface area contributed by atoms with E-state index in [1.165, 1.54) is 0 Å². The minimum atomic E-state index is -0.0608. The second kappa shape index (κ2) is 8.26. The van der Waals surface area contributed by atoms with Crippen molar-refractivity contribution >= 4 is 11.8 Å². The fourth-order valence-electron chi connectivity index (χ4n) is 3.52. The van der Waals surface area contributed by atoms with Crippen LogP contribution < -0.4 is 0 Å². The molecule has 0 spiro atoms. The summed E-state index contributed by atoms with van der Waals surface area (Å²) in [6.45, 7) is 4.28. The highest BCUT2D eigenvalue weighted by molar-refractivity contribution is 5.95. The van der Waals surface area contributed by atoms with Crippen molar-refractivity contribution < 1.29 is 9.59 Å². The first-order valence-electron chi connectivity index (χ1n) is 9.73. The van der Waals surface area contributed by atoms with Crippen LogP contribution in [0.25, 0.3) is 5.82 Å². The summed E-state index contributed by atoms with van der Waals surface area (Å²) in [5, 5.41) is 4.14. The molecule has 0 aliphatic carbocycles. The number of pyridine rings is 1. The van der Waals surface area contributed by atoms with E-state index in [1.807, 2.05) is 42.2 Å². The Balaban J connectivity index is 1.41. The van der Waals surface area contributed by atoms with Gasteiger partial charge in [0.15, 0.2) is 5.82 Å². The normalized spacial score (nSPS) is 14.5. The average Bonchev–Trinajstić information content (AvgIpc) is 3.17. The van der Waals surface area contributed by atoms with Crippen molar-refractivity contribution in [3.63, 3.8) is 0 Å². The van der Waals surface area contributed by atoms with E-state index in [1.54, 1.807) is 40.3 Å². The quantitative estimate of drug-likeness (QED) is 0.690. The molecule has 1 aromatic carbocycles. The van der Waals surface area contributed by atoms with E-state index in [9.17, 15) is 9.59 Å². The molecule has 1 aliphatic rings. The zero-order valence-corrected chi connectivity index (χ0v) is 16.4. The largest absolute Gasteiger partial charge is 0.337 e. The summed E-state index contributed by atoms with van der Waals surface area (Å²) >= 11 is 0. The van der Waals surface area contributed by atoms with E-state index in [4.69, 9.17) is 0 Å². The van der Waals surface area contributed by atoms with Crippen molar-refractivity contribution in [2.24, 2.45) is 0 Å². The summed E-state index contributed by atoms with van der Waals surface area (Å²) in [6.07, 6.45) is 5.82. The van der Waals surface area contributed by atoms with E-state index in [2.05, 4.69) is 10.1 Å². The van der Waals surface area contributed by atoms with Crippen molar-refractivity contribution in [2.75, 3.05) is 26.2 Å². The van der Waals surface area contributed by atoms with Crippen LogP contribution in [0.5, 0.6) is 0 Å². The molecule has 3 heterocycles. The summed E-state index contributed by atoms with van der Waals surface area (Å²) in [6, 6.07) is 13.0. The lowest BCUT2D eigenvalue weighted by Gasteiger charge is -2.22. The third-order valence-corrected chi connectivity index (χ3v) is 5.07. The predicted octanol–water partition coefficient (Wildman–Crippen LogP) is 2.56. The Morgan fingerprint density at radius 3 is 2.28 bits per heavy atom. The van der Waals surface area contributed by atoms with Gasteiger partial charge < -0.3 is 9.80 Å². The number of carbonyl (C=O) groups is 2. The molecule has 7 nitrogen and oxygen atoms in total. The summed E-state index contributed by atoms with van der Waals surface area (Å²) in [4.78, 5) is 33.7. The maximum Gasteiger partial charge on any atom is 0.255 e. The van der Waals surface area contributed by atoms with E-state index in [0.29, 0.717) is 43.1 Å². The van der Waals surface area contributed by atoms with Gasteiger partial charge in [0.05, 0.1) is 5.56 Å². The molecule has 0 radical (unpaired) electrons. The van der Waals surface area contributed by atoms with E-state index < -0.39 is 0 Å². The molecule has 29 heavy (non-hydrogen) atoms. The van der Waals surface area contributed by atoms with Gasteiger partial charge >= 0.3 is 0 Å². The van der Waals surface area contributed by atoms with Crippen LogP contribution in [0.3, 0.4) is 0 Å². The van der Waals surface area contributed by atoms with Crippen LogP contribution in [0.15, 0.2) is 61.1 Å². The van der Waals surface area contributed by atoms with Gasteiger partial charge in [-0.05, 0) is 43.7 Å². The SMILES string of the molecule is Cc1cccc(C(=O)N2CCCN(C(=O)c3ccc(-n4cccn4)nc3)CC2)c1. The molecule has 148 valence electrons. The number of aryl methyl sites for hydroxylation is 1. The number of carbonyl (C=O) groups excluding carboxylic acids is 2. The van der Waals surface area contributed by atoms with Crippen molar-refractivity contribution in [1.29, 1.82) is 0 Å². The monoisotopic (exact) mass is 389 g/mol. The van der Waals surface area contributed by atoms with E-state index >= 15 is 0 Å². The lowest BCUT2D eigenvalue weighted by molar-refractivity contribution is 0.0718. The summed E-state index contributed by atoms with van der Waals surface area (Å²) in [7, 11) is 0. The van der Waals surface area contributed by atoms with Crippen LogP contribution in [0, 0.1) is 6.92 Å². The molecule has 1 aliphatic heterocycles. The highest BCUT2D eigenvalue weighted by Gasteiger charge is 2.23. The molecule has 7 heteroatoms. The zero-order chi connectivity index (χ0) is 20.2. The predicted molar refractivity (Wildman–Crippen MR) is 109 cm³/mol. The molecule has 0 unspecified atom stereocenters. The minimum absolute atomic E-state index is 0.0215. The number of rotatable bonds is 3. The molecule has 0 saturated carbocycles. The Bertz CT molecular complexity index is 998. The molecule has 3 aromatic rings. The Hall–Kier alpha value is -3.48. The maximum absolute atomic E-state index is 12.9. The van der Waals surface area contributed by atoms with Crippen molar-refractivity contribution in [2.45, 2.75) is 13.3 Å². The average molecular weight is 389 g/mol. The van der Waals surface area contributed by atoms with Crippen LogP contribution in [0.1, 0.15) is 32.7 Å². The number of aromatic nitrogens is 3. The van der Waals surface area contributed by atoms with Crippen molar-refractivity contribution in [1.82, 2.24) is 24.6 Å². The second-order valence-corrected chi connectivity index (χ2v) is 7.16. The molecular formula is C22H23N5O2. The van der Waals surface area contributed by atoms with Gasteiger partial charge in [0.25, 0.3) is 11.8 Å². The van der Waals surface area contributed by atoms with Crippen LogP contribution >= 0.6 is 0 Å². The van der Waals surface area contributed by atoms with Crippen LogP contribution in [0.2, 0.25) is 0 Å². The molecule has 0 bridgehead atoms. The molecule has 1 fully saturated rings. The molecule has 0 atom stereocenters. The number of hydrogen-bond donors (Lipinski definition) is 0. The Labute approximate surface area is 169 Å². The van der Waals surface area contributed by atoms with Gasteiger partial charge in [-0.25, -0.2) is 9.67 Å². The molecule has 2 amide bonds. The van der Waals surface area contributed by atoms with Gasteiger partial charge in [0.2, 0.25) is 0 Å². The third-order valence-electron chi connectivity index (χ3n) is 5.07. The molecule has 0 N–H and O–H groups in total. The lowest BCUT2D eigenvalue weighted by Crippen LogP contribution is -2.37. The number of amides is 2. The first-order chi connectivity index (χ1) is 14.1. The van der Waals surface area contributed by atoms with Crippen LogP contribution in [-0.4, -0.2) is 62.6 Å². The lowest BCUT2D eigenvalue weighted by atomic mass is 10.1.